The van der Waals surface area contributed by atoms with Crippen LogP contribution in [-0.2, 0) is 6.42 Å². The van der Waals surface area contributed by atoms with E-state index in [9.17, 15) is 0 Å². The maximum atomic E-state index is 6.28. The van der Waals surface area contributed by atoms with Crippen LogP contribution in [0.3, 0.4) is 0 Å². The van der Waals surface area contributed by atoms with Crippen molar-refractivity contribution in [3.8, 4) is 11.1 Å². The summed E-state index contributed by atoms with van der Waals surface area (Å²) in [5, 5.41) is 7.06. The molecule has 0 saturated carbocycles. The summed E-state index contributed by atoms with van der Waals surface area (Å²) < 4.78 is 0. The minimum absolute atomic E-state index is 0.418. The first-order valence-corrected chi connectivity index (χ1v) is 9.61. The summed E-state index contributed by atoms with van der Waals surface area (Å²) in [6, 6.07) is 10.9. The van der Waals surface area contributed by atoms with E-state index in [-0.39, 0.29) is 0 Å². The highest BCUT2D eigenvalue weighted by Gasteiger charge is 2.22. The van der Waals surface area contributed by atoms with E-state index in [0.717, 1.165) is 24.3 Å². The molecule has 0 radical (unpaired) electrons. The van der Waals surface area contributed by atoms with Crippen molar-refractivity contribution in [1.29, 1.82) is 0 Å². The molecule has 0 bridgehead atoms. The quantitative estimate of drug-likeness (QED) is 0.789. The first kappa shape index (κ1) is 15.7. The van der Waals surface area contributed by atoms with Crippen LogP contribution < -0.4 is 15.8 Å². The number of allylic oxidation sites excluding steroid dienone is 5. The zero-order valence-corrected chi connectivity index (χ0v) is 15.3. The van der Waals surface area contributed by atoms with Gasteiger partial charge in [-0.05, 0) is 76.2 Å². The van der Waals surface area contributed by atoms with E-state index in [1.165, 1.54) is 38.4 Å². The van der Waals surface area contributed by atoms with Gasteiger partial charge in [0.1, 0.15) is 0 Å². The lowest BCUT2D eigenvalue weighted by atomic mass is 9.81. The highest BCUT2D eigenvalue weighted by Crippen LogP contribution is 2.32. The maximum absolute atomic E-state index is 6.28. The third-order valence-electron chi connectivity index (χ3n) is 5.61. The first-order chi connectivity index (χ1) is 12.8. The molecule has 2 aromatic carbocycles. The molecule has 1 heterocycles. The van der Waals surface area contributed by atoms with Crippen LogP contribution in [-0.4, -0.2) is 0 Å². The van der Waals surface area contributed by atoms with Crippen LogP contribution in [0.1, 0.15) is 29.9 Å². The van der Waals surface area contributed by atoms with E-state index in [4.69, 9.17) is 11.6 Å². The summed E-state index contributed by atoms with van der Waals surface area (Å²) in [5.41, 5.74) is 6.67. The number of halogens is 1. The molecule has 0 aromatic heterocycles. The lowest BCUT2D eigenvalue weighted by Gasteiger charge is -2.26. The molecule has 0 spiro atoms. The van der Waals surface area contributed by atoms with Gasteiger partial charge in [-0.2, -0.15) is 0 Å². The van der Waals surface area contributed by atoms with Gasteiger partial charge in [-0.1, -0.05) is 54.1 Å². The SMILES string of the molecule is Clc1ccc2c(c1)-c1ccc3c(c1=CC2)=CCCC3C1=CC=CC=CN1. The van der Waals surface area contributed by atoms with Crippen molar-refractivity contribution >= 4 is 23.8 Å². The summed E-state index contributed by atoms with van der Waals surface area (Å²) in [4.78, 5) is 0. The lowest BCUT2D eigenvalue weighted by molar-refractivity contribution is 0.673. The summed E-state index contributed by atoms with van der Waals surface area (Å²) in [7, 11) is 0. The van der Waals surface area contributed by atoms with E-state index < -0.39 is 0 Å². The predicted molar refractivity (Wildman–Crippen MR) is 110 cm³/mol. The standard InChI is InChI=1S/C24H20ClN/c25-17-10-8-16-9-11-19-18-5-4-6-22(24-7-2-1-3-14-26-24)20(18)12-13-21(19)23(16)15-17/h1-3,5,7-8,10-15,22,26H,4,6,9H2. The minimum atomic E-state index is 0.418. The molecule has 26 heavy (non-hydrogen) atoms. The summed E-state index contributed by atoms with van der Waals surface area (Å²) >= 11 is 6.28. The molecule has 5 rings (SSSR count). The Morgan fingerprint density at radius 1 is 0.923 bits per heavy atom. The van der Waals surface area contributed by atoms with E-state index in [1.54, 1.807) is 0 Å². The molecular weight excluding hydrogens is 338 g/mol. The van der Waals surface area contributed by atoms with E-state index in [1.807, 2.05) is 18.3 Å². The van der Waals surface area contributed by atoms with Crippen molar-refractivity contribution in [2.75, 3.05) is 0 Å². The molecule has 0 fully saturated rings. The number of fused-ring (bicyclic) bond motifs is 5. The highest BCUT2D eigenvalue weighted by atomic mass is 35.5. The van der Waals surface area contributed by atoms with Crippen molar-refractivity contribution < 1.29 is 0 Å². The van der Waals surface area contributed by atoms with E-state index >= 15 is 0 Å². The van der Waals surface area contributed by atoms with Crippen molar-refractivity contribution in [2.45, 2.75) is 25.2 Å². The Labute approximate surface area is 158 Å². The largest absolute Gasteiger partial charge is 0.364 e. The first-order valence-electron chi connectivity index (χ1n) is 9.23. The highest BCUT2D eigenvalue weighted by molar-refractivity contribution is 6.30. The molecule has 1 aliphatic heterocycles. The molecular formula is C24H20ClN. The summed E-state index contributed by atoms with van der Waals surface area (Å²) in [6.45, 7) is 0. The Kier molecular flexibility index (Phi) is 3.83. The number of hydrogen-bond donors (Lipinski definition) is 1. The van der Waals surface area contributed by atoms with E-state index in [2.05, 4.69) is 60.0 Å². The van der Waals surface area contributed by atoms with Gasteiger partial charge in [0.2, 0.25) is 0 Å². The number of benzene rings is 2. The zero-order chi connectivity index (χ0) is 17.5. The van der Waals surface area contributed by atoms with Crippen LogP contribution in [0.2, 0.25) is 5.02 Å². The summed E-state index contributed by atoms with van der Waals surface area (Å²) in [5.74, 6) is 0.418. The predicted octanol–water partition coefficient (Wildman–Crippen LogP) is 4.56. The van der Waals surface area contributed by atoms with Gasteiger partial charge < -0.3 is 5.32 Å². The molecule has 1 N–H and O–H groups in total. The Morgan fingerprint density at radius 3 is 2.85 bits per heavy atom. The van der Waals surface area contributed by atoms with Crippen LogP contribution >= 0.6 is 11.6 Å². The van der Waals surface area contributed by atoms with Crippen molar-refractivity contribution in [3.63, 3.8) is 0 Å². The average molecular weight is 358 g/mol. The van der Waals surface area contributed by atoms with Crippen LogP contribution in [0.25, 0.3) is 23.3 Å². The van der Waals surface area contributed by atoms with Crippen LogP contribution in [0.15, 0.2) is 66.5 Å². The van der Waals surface area contributed by atoms with Crippen LogP contribution in [0.5, 0.6) is 0 Å². The lowest BCUT2D eigenvalue weighted by Crippen LogP contribution is -2.36. The molecule has 1 unspecified atom stereocenters. The topological polar surface area (TPSA) is 12.0 Å². The Balaban J connectivity index is 1.68. The third-order valence-corrected chi connectivity index (χ3v) is 5.84. The number of nitrogens with one attached hydrogen (secondary N) is 1. The Morgan fingerprint density at radius 2 is 1.88 bits per heavy atom. The third kappa shape index (κ3) is 2.55. The van der Waals surface area contributed by atoms with Gasteiger partial charge in [-0.3, -0.25) is 0 Å². The number of rotatable bonds is 1. The normalized spacial score (nSPS) is 19.7. The molecule has 2 heteroatoms. The van der Waals surface area contributed by atoms with Gasteiger partial charge in [0.25, 0.3) is 0 Å². The zero-order valence-electron chi connectivity index (χ0n) is 14.5. The molecule has 3 aliphatic rings. The molecule has 0 amide bonds. The van der Waals surface area contributed by atoms with Crippen LogP contribution in [0, 0.1) is 0 Å². The Hall–Kier alpha value is -2.51. The van der Waals surface area contributed by atoms with Gasteiger partial charge in [-0.25, -0.2) is 0 Å². The number of hydrogen-bond acceptors (Lipinski definition) is 1. The van der Waals surface area contributed by atoms with Crippen molar-refractivity contribution in [1.82, 2.24) is 5.32 Å². The van der Waals surface area contributed by atoms with Crippen molar-refractivity contribution in [3.05, 3.63) is 93.1 Å². The van der Waals surface area contributed by atoms with Gasteiger partial charge in [0.15, 0.2) is 0 Å². The minimum Gasteiger partial charge on any atom is -0.364 e. The Bertz CT molecular complexity index is 1100. The smallest absolute Gasteiger partial charge is 0.0412 e. The second kappa shape index (κ2) is 6.34. The molecule has 1 atom stereocenters. The van der Waals surface area contributed by atoms with Crippen molar-refractivity contribution in [2.24, 2.45) is 0 Å². The second-order valence-corrected chi connectivity index (χ2v) is 7.52. The molecule has 2 aromatic rings. The van der Waals surface area contributed by atoms with Crippen LogP contribution in [0.4, 0.5) is 0 Å². The molecule has 128 valence electrons. The molecule has 2 aliphatic carbocycles. The molecule has 0 saturated heterocycles. The van der Waals surface area contributed by atoms with Gasteiger partial charge in [-0.15, -0.1) is 0 Å². The summed E-state index contributed by atoms with van der Waals surface area (Å²) in [6.07, 6.45) is 18.5. The second-order valence-electron chi connectivity index (χ2n) is 7.08. The fourth-order valence-corrected chi connectivity index (χ4v) is 4.56. The maximum Gasteiger partial charge on any atom is 0.0412 e. The van der Waals surface area contributed by atoms with Gasteiger partial charge in [0.05, 0.1) is 0 Å². The van der Waals surface area contributed by atoms with Gasteiger partial charge in [0, 0.05) is 22.8 Å². The monoisotopic (exact) mass is 357 g/mol. The average Bonchev–Trinajstić information content (AvgIpc) is 2.96. The molecule has 1 nitrogen and oxygen atoms in total. The fourth-order valence-electron chi connectivity index (χ4n) is 4.39. The fraction of sp³-hybridized carbons (Fsp3) is 0.167. The van der Waals surface area contributed by atoms with Gasteiger partial charge >= 0.3 is 0 Å². The van der Waals surface area contributed by atoms with E-state index in [0.29, 0.717) is 5.92 Å².